The van der Waals surface area contributed by atoms with E-state index in [1.807, 2.05) is 13.8 Å². The summed E-state index contributed by atoms with van der Waals surface area (Å²) in [5.74, 6) is -3.40. The van der Waals surface area contributed by atoms with Crippen LogP contribution in [0.1, 0.15) is 33.1 Å². The molecule has 0 aromatic heterocycles. The highest BCUT2D eigenvalue weighted by Crippen LogP contribution is 2.26. The molecule has 23 heavy (non-hydrogen) atoms. The van der Waals surface area contributed by atoms with Crippen molar-refractivity contribution in [3.05, 3.63) is 0 Å². The third kappa shape index (κ3) is 5.11. The predicted molar refractivity (Wildman–Crippen MR) is 74.2 cm³/mol. The van der Waals surface area contributed by atoms with E-state index in [1.165, 1.54) is 0 Å². The zero-order valence-corrected chi connectivity index (χ0v) is 13.3. The minimum Gasteiger partial charge on any atom is -0.467 e. The van der Waals surface area contributed by atoms with Gasteiger partial charge in [-0.25, -0.2) is 4.79 Å². The molecule has 132 valence electrons. The number of methoxy groups -OCH3 is 1. The van der Waals surface area contributed by atoms with Crippen molar-refractivity contribution in [2.45, 2.75) is 51.4 Å². The summed E-state index contributed by atoms with van der Waals surface area (Å²) < 4.78 is 42.3. The van der Waals surface area contributed by atoms with Gasteiger partial charge in [0.15, 0.2) is 0 Å². The van der Waals surface area contributed by atoms with Crippen molar-refractivity contribution in [2.75, 3.05) is 13.7 Å². The minimum absolute atomic E-state index is 0.0656. The highest BCUT2D eigenvalue weighted by Gasteiger charge is 2.48. The molecule has 0 radical (unpaired) electrons. The fraction of sp³-hybridized carbons (Fsp3) is 0.786. The Morgan fingerprint density at radius 2 is 1.91 bits per heavy atom. The summed E-state index contributed by atoms with van der Waals surface area (Å²) >= 11 is 0. The van der Waals surface area contributed by atoms with Gasteiger partial charge in [-0.15, -0.1) is 0 Å². The quantitative estimate of drug-likeness (QED) is 0.766. The molecule has 1 saturated heterocycles. The van der Waals surface area contributed by atoms with Crippen molar-refractivity contribution < 1.29 is 32.3 Å². The van der Waals surface area contributed by atoms with Crippen LogP contribution in [0.25, 0.3) is 0 Å². The number of carbonyl (C=O) groups is 3. The molecule has 0 aromatic carbocycles. The van der Waals surface area contributed by atoms with E-state index in [-0.39, 0.29) is 18.9 Å². The number of likely N-dealkylation sites (tertiary alicyclic amines) is 1. The summed E-state index contributed by atoms with van der Waals surface area (Å²) in [6, 6.07) is -2.17. The van der Waals surface area contributed by atoms with Crippen LogP contribution in [-0.4, -0.2) is 54.6 Å². The van der Waals surface area contributed by atoms with E-state index >= 15 is 0 Å². The summed E-state index contributed by atoms with van der Waals surface area (Å²) in [4.78, 5) is 35.8. The molecule has 0 unspecified atom stereocenters. The van der Waals surface area contributed by atoms with Gasteiger partial charge < -0.3 is 15.0 Å². The van der Waals surface area contributed by atoms with Crippen LogP contribution in [0.2, 0.25) is 0 Å². The van der Waals surface area contributed by atoms with Crippen molar-refractivity contribution in [1.29, 1.82) is 0 Å². The molecule has 1 N–H and O–H groups in total. The third-order valence-electron chi connectivity index (χ3n) is 3.57. The summed E-state index contributed by atoms with van der Waals surface area (Å²) in [6.45, 7) is 3.53. The number of ether oxygens (including phenoxy) is 1. The molecular weight excluding hydrogens is 317 g/mol. The first-order valence-corrected chi connectivity index (χ1v) is 7.34. The van der Waals surface area contributed by atoms with Crippen molar-refractivity contribution in [3.63, 3.8) is 0 Å². The molecule has 6 nitrogen and oxygen atoms in total. The maximum atomic E-state index is 12.6. The lowest BCUT2D eigenvalue weighted by atomic mass is 10.0. The number of alkyl halides is 3. The summed E-state index contributed by atoms with van der Waals surface area (Å²) in [6.07, 6.45) is -4.31. The van der Waals surface area contributed by atoms with E-state index in [4.69, 9.17) is 0 Å². The van der Waals surface area contributed by atoms with Crippen molar-refractivity contribution >= 4 is 17.8 Å². The lowest BCUT2D eigenvalue weighted by molar-refractivity contribution is -0.186. The topological polar surface area (TPSA) is 75.7 Å². The SMILES string of the molecule is COC(=O)[C@H](CC(C)C)NC(=O)[C@@H]1CCCN1C(=O)C(F)(F)F. The predicted octanol–water partition coefficient (Wildman–Crippen LogP) is 1.24. The van der Waals surface area contributed by atoms with Crippen LogP contribution in [-0.2, 0) is 19.1 Å². The highest BCUT2D eigenvalue weighted by molar-refractivity contribution is 5.92. The molecule has 1 fully saturated rings. The normalized spacial score (nSPS) is 19.6. The number of halogens is 3. The number of amides is 2. The standard InChI is InChI=1S/C14H21F3N2O4/c1-8(2)7-9(12(21)23-3)18-11(20)10-5-4-6-19(10)13(22)14(15,16)17/h8-10H,4-7H2,1-3H3,(H,18,20)/t9-,10-/m0/s1. The second-order valence-electron chi connectivity index (χ2n) is 5.87. The molecule has 0 aromatic rings. The zero-order valence-electron chi connectivity index (χ0n) is 13.3. The fourth-order valence-electron chi connectivity index (χ4n) is 2.54. The Morgan fingerprint density at radius 1 is 1.30 bits per heavy atom. The number of esters is 1. The van der Waals surface area contributed by atoms with Gasteiger partial charge in [-0.1, -0.05) is 13.8 Å². The molecule has 2 amide bonds. The van der Waals surface area contributed by atoms with Gasteiger partial charge >= 0.3 is 18.1 Å². The monoisotopic (exact) mass is 338 g/mol. The van der Waals surface area contributed by atoms with Crippen molar-refractivity contribution in [3.8, 4) is 0 Å². The molecule has 9 heteroatoms. The minimum atomic E-state index is -5.03. The Kier molecular flexibility index (Phi) is 6.40. The van der Waals surface area contributed by atoms with Gasteiger partial charge in [0.2, 0.25) is 5.91 Å². The van der Waals surface area contributed by atoms with Crippen LogP contribution in [0.4, 0.5) is 13.2 Å². The molecular formula is C14H21F3N2O4. The molecule has 2 atom stereocenters. The number of hydrogen-bond acceptors (Lipinski definition) is 4. The van der Waals surface area contributed by atoms with Gasteiger partial charge in [-0.2, -0.15) is 13.2 Å². The van der Waals surface area contributed by atoms with E-state index in [0.29, 0.717) is 17.7 Å². The first kappa shape index (κ1) is 19.2. The molecule has 0 spiro atoms. The first-order chi connectivity index (χ1) is 10.6. The maximum Gasteiger partial charge on any atom is 0.471 e. The lowest BCUT2D eigenvalue weighted by Gasteiger charge is -2.26. The maximum absolute atomic E-state index is 12.6. The van der Waals surface area contributed by atoms with Gasteiger partial charge in [0, 0.05) is 6.54 Å². The third-order valence-corrected chi connectivity index (χ3v) is 3.57. The zero-order chi connectivity index (χ0) is 17.8. The van der Waals surface area contributed by atoms with Gasteiger partial charge in [-0.05, 0) is 25.2 Å². The first-order valence-electron chi connectivity index (χ1n) is 7.34. The number of nitrogens with one attached hydrogen (secondary N) is 1. The Morgan fingerprint density at radius 3 is 2.39 bits per heavy atom. The van der Waals surface area contributed by atoms with Crippen LogP contribution in [0.3, 0.4) is 0 Å². The molecule has 0 bridgehead atoms. The van der Waals surface area contributed by atoms with Crippen LogP contribution < -0.4 is 5.32 Å². The van der Waals surface area contributed by atoms with E-state index in [0.717, 1.165) is 7.11 Å². The molecule has 0 aliphatic carbocycles. The second kappa shape index (κ2) is 7.65. The Balaban J connectivity index is 2.81. The molecule has 0 saturated carbocycles. The summed E-state index contributed by atoms with van der Waals surface area (Å²) in [5.41, 5.74) is 0. The average molecular weight is 338 g/mol. The van der Waals surface area contributed by atoms with Crippen molar-refractivity contribution in [2.24, 2.45) is 5.92 Å². The highest BCUT2D eigenvalue weighted by atomic mass is 19.4. The Labute approximate surface area is 132 Å². The molecule has 1 rings (SSSR count). The Bertz CT molecular complexity index is 465. The number of rotatable bonds is 5. The molecule has 1 aliphatic rings. The number of nitrogens with zero attached hydrogens (tertiary/aromatic N) is 1. The van der Waals surface area contributed by atoms with Crippen molar-refractivity contribution in [1.82, 2.24) is 10.2 Å². The second-order valence-corrected chi connectivity index (χ2v) is 5.87. The largest absolute Gasteiger partial charge is 0.471 e. The molecule has 1 aliphatic heterocycles. The van der Waals surface area contributed by atoms with E-state index in [9.17, 15) is 27.6 Å². The number of carbonyl (C=O) groups excluding carboxylic acids is 3. The van der Waals surface area contributed by atoms with Gasteiger partial charge in [0.1, 0.15) is 12.1 Å². The van der Waals surface area contributed by atoms with Crippen LogP contribution in [0.15, 0.2) is 0 Å². The van der Waals surface area contributed by atoms with E-state index < -0.39 is 36.0 Å². The van der Waals surface area contributed by atoms with E-state index in [2.05, 4.69) is 10.1 Å². The van der Waals surface area contributed by atoms with E-state index in [1.54, 1.807) is 0 Å². The Hall–Kier alpha value is -1.80. The van der Waals surface area contributed by atoms with Gasteiger partial charge in [-0.3, -0.25) is 9.59 Å². The summed E-state index contributed by atoms with van der Waals surface area (Å²) in [7, 11) is 1.16. The van der Waals surface area contributed by atoms with Gasteiger partial charge in [0.25, 0.3) is 0 Å². The van der Waals surface area contributed by atoms with Crippen LogP contribution in [0, 0.1) is 5.92 Å². The average Bonchev–Trinajstić information content (AvgIpc) is 2.92. The molecule has 1 heterocycles. The van der Waals surface area contributed by atoms with Gasteiger partial charge in [0.05, 0.1) is 7.11 Å². The fourth-order valence-corrected chi connectivity index (χ4v) is 2.54. The summed E-state index contributed by atoms with van der Waals surface area (Å²) in [5, 5.41) is 2.40. The number of hydrogen-bond donors (Lipinski definition) is 1. The lowest BCUT2D eigenvalue weighted by Crippen LogP contribution is -2.53. The smallest absolute Gasteiger partial charge is 0.467 e. The van der Waals surface area contributed by atoms with Crippen LogP contribution >= 0.6 is 0 Å². The van der Waals surface area contributed by atoms with Crippen LogP contribution in [0.5, 0.6) is 0 Å².